The van der Waals surface area contributed by atoms with Gasteiger partial charge < -0.3 is 0 Å². The molecule has 0 unspecified atom stereocenters. The number of rotatable bonds is 2. The van der Waals surface area contributed by atoms with Gasteiger partial charge in [0.25, 0.3) is 5.56 Å². The SMILES string of the molecule is O=C(OF)c1ccc(=O)n(-c2cccnc2)c1. The van der Waals surface area contributed by atoms with Gasteiger partial charge in [-0.1, -0.05) is 0 Å². The van der Waals surface area contributed by atoms with E-state index in [0.29, 0.717) is 5.69 Å². The summed E-state index contributed by atoms with van der Waals surface area (Å²) in [6.07, 6.45) is 4.20. The van der Waals surface area contributed by atoms with Crippen LogP contribution in [0.3, 0.4) is 0 Å². The Morgan fingerprint density at radius 1 is 1.35 bits per heavy atom. The molecule has 86 valence electrons. The van der Waals surface area contributed by atoms with Crippen LogP contribution in [-0.4, -0.2) is 15.5 Å². The molecule has 0 N–H and O–H groups in total. The first-order valence-electron chi connectivity index (χ1n) is 4.68. The van der Waals surface area contributed by atoms with Crippen LogP contribution in [0.25, 0.3) is 5.69 Å². The van der Waals surface area contributed by atoms with E-state index < -0.39 is 5.97 Å². The lowest BCUT2D eigenvalue weighted by Gasteiger charge is -2.05. The number of pyridine rings is 2. The fourth-order valence-electron chi connectivity index (χ4n) is 1.35. The minimum absolute atomic E-state index is 0.0593. The molecule has 0 radical (unpaired) electrons. The first-order valence-corrected chi connectivity index (χ1v) is 4.68. The summed E-state index contributed by atoms with van der Waals surface area (Å²) in [5.41, 5.74) is 0.0652. The lowest BCUT2D eigenvalue weighted by Crippen LogP contribution is -2.18. The van der Waals surface area contributed by atoms with Crippen molar-refractivity contribution in [3.05, 3.63) is 58.8 Å². The summed E-state index contributed by atoms with van der Waals surface area (Å²) in [6, 6.07) is 5.62. The third-order valence-corrected chi connectivity index (χ3v) is 2.14. The molecular formula is C11H7FN2O3. The van der Waals surface area contributed by atoms with Gasteiger partial charge in [0.1, 0.15) is 0 Å². The molecule has 17 heavy (non-hydrogen) atoms. The van der Waals surface area contributed by atoms with Crippen molar-refractivity contribution in [1.82, 2.24) is 9.55 Å². The van der Waals surface area contributed by atoms with Gasteiger partial charge in [-0.2, -0.15) is 0 Å². The molecule has 5 nitrogen and oxygen atoms in total. The molecule has 0 amide bonds. The maximum atomic E-state index is 11.8. The van der Waals surface area contributed by atoms with Gasteiger partial charge in [0.05, 0.1) is 17.4 Å². The van der Waals surface area contributed by atoms with Gasteiger partial charge >= 0.3 is 5.97 Å². The van der Waals surface area contributed by atoms with Crippen molar-refractivity contribution in [3.8, 4) is 5.69 Å². The molecule has 0 aliphatic carbocycles. The average Bonchev–Trinajstić information content (AvgIpc) is 2.39. The van der Waals surface area contributed by atoms with E-state index in [2.05, 4.69) is 9.93 Å². The molecule has 0 bridgehead atoms. The van der Waals surface area contributed by atoms with Crippen LogP contribution in [-0.2, 0) is 4.94 Å². The summed E-state index contributed by atoms with van der Waals surface area (Å²) in [6.45, 7) is 0. The summed E-state index contributed by atoms with van der Waals surface area (Å²) in [5.74, 6) is -1.15. The van der Waals surface area contributed by atoms with Crippen molar-refractivity contribution in [2.75, 3.05) is 0 Å². The number of hydrogen-bond acceptors (Lipinski definition) is 4. The topological polar surface area (TPSA) is 61.2 Å². The van der Waals surface area contributed by atoms with Crippen LogP contribution < -0.4 is 5.56 Å². The van der Waals surface area contributed by atoms with E-state index in [-0.39, 0.29) is 11.1 Å². The van der Waals surface area contributed by atoms with Crippen LogP contribution in [0.15, 0.2) is 47.7 Å². The van der Waals surface area contributed by atoms with Crippen LogP contribution in [0.1, 0.15) is 10.4 Å². The Morgan fingerprint density at radius 2 is 2.18 bits per heavy atom. The number of nitrogens with zero attached hydrogens (tertiary/aromatic N) is 2. The second-order valence-corrected chi connectivity index (χ2v) is 3.20. The quantitative estimate of drug-likeness (QED) is 0.785. The molecule has 0 spiro atoms. The van der Waals surface area contributed by atoms with E-state index in [0.717, 1.165) is 6.07 Å². The van der Waals surface area contributed by atoms with Crippen molar-refractivity contribution in [3.63, 3.8) is 0 Å². The van der Waals surface area contributed by atoms with Crippen LogP contribution >= 0.6 is 0 Å². The zero-order valence-electron chi connectivity index (χ0n) is 8.54. The van der Waals surface area contributed by atoms with Crippen LogP contribution in [0.5, 0.6) is 0 Å². The van der Waals surface area contributed by atoms with E-state index in [1.807, 2.05) is 0 Å². The lowest BCUT2D eigenvalue weighted by atomic mass is 10.3. The summed E-state index contributed by atoms with van der Waals surface area (Å²) < 4.78 is 12.9. The zero-order chi connectivity index (χ0) is 12.3. The zero-order valence-corrected chi connectivity index (χ0v) is 8.54. The van der Waals surface area contributed by atoms with Crippen molar-refractivity contribution >= 4 is 5.97 Å². The standard InChI is InChI=1S/C11H7FN2O3/c12-17-11(16)8-3-4-10(15)14(7-8)9-2-1-5-13-6-9/h1-7H. The van der Waals surface area contributed by atoms with Gasteiger partial charge in [-0.05, 0) is 18.2 Å². The summed E-state index contributed by atoms with van der Waals surface area (Å²) in [7, 11) is 0. The highest BCUT2D eigenvalue weighted by Gasteiger charge is 2.10. The maximum absolute atomic E-state index is 11.8. The van der Waals surface area contributed by atoms with E-state index in [1.165, 1.54) is 23.0 Å². The molecule has 2 aromatic heterocycles. The molecule has 0 aliphatic rings. The predicted molar refractivity (Wildman–Crippen MR) is 56.4 cm³/mol. The van der Waals surface area contributed by atoms with Crippen LogP contribution in [0.4, 0.5) is 4.53 Å². The van der Waals surface area contributed by atoms with Gasteiger partial charge in [0.2, 0.25) is 0 Å². The van der Waals surface area contributed by atoms with E-state index in [4.69, 9.17) is 0 Å². The Morgan fingerprint density at radius 3 is 2.82 bits per heavy atom. The second-order valence-electron chi connectivity index (χ2n) is 3.20. The molecular weight excluding hydrogens is 227 g/mol. The summed E-state index contributed by atoms with van der Waals surface area (Å²) in [4.78, 5) is 29.5. The second kappa shape index (κ2) is 4.56. The van der Waals surface area contributed by atoms with Crippen LogP contribution in [0, 0.1) is 0 Å². The number of hydrogen-bond donors (Lipinski definition) is 0. The first kappa shape index (κ1) is 11.0. The van der Waals surface area contributed by atoms with Gasteiger partial charge in [0, 0.05) is 23.0 Å². The molecule has 0 aliphatic heterocycles. The largest absolute Gasteiger partial charge is 0.381 e. The lowest BCUT2D eigenvalue weighted by molar-refractivity contribution is -0.0788. The van der Waals surface area contributed by atoms with Gasteiger partial charge in [-0.3, -0.25) is 14.3 Å². The number of aromatic nitrogens is 2. The molecule has 0 saturated carbocycles. The van der Waals surface area contributed by atoms with E-state index in [9.17, 15) is 14.1 Å². The normalized spacial score (nSPS) is 9.94. The Hall–Kier alpha value is -2.50. The van der Waals surface area contributed by atoms with Crippen molar-refractivity contribution in [1.29, 1.82) is 0 Å². The number of carbonyl (C=O) groups excluding carboxylic acids is 1. The van der Waals surface area contributed by atoms with Crippen molar-refractivity contribution in [2.45, 2.75) is 0 Å². The molecule has 0 fully saturated rings. The minimum Gasteiger partial charge on any atom is -0.282 e. The van der Waals surface area contributed by atoms with E-state index in [1.54, 1.807) is 18.3 Å². The Kier molecular flexibility index (Phi) is 2.95. The molecule has 2 heterocycles. The van der Waals surface area contributed by atoms with Gasteiger partial charge in [-0.25, -0.2) is 9.74 Å². The maximum Gasteiger partial charge on any atom is 0.381 e. The average molecular weight is 234 g/mol. The molecule has 6 heteroatoms. The molecule has 0 saturated heterocycles. The Labute approximate surface area is 95.0 Å². The third kappa shape index (κ3) is 2.20. The fraction of sp³-hybridized carbons (Fsp3) is 0. The third-order valence-electron chi connectivity index (χ3n) is 2.14. The van der Waals surface area contributed by atoms with Crippen molar-refractivity contribution < 1.29 is 14.3 Å². The highest BCUT2D eigenvalue weighted by atomic mass is 19.3. The monoisotopic (exact) mass is 234 g/mol. The van der Waals surface area contributed by atoms with Gasteiger partial charge in [-0.15, -0.1) is 0 Å². The molecule has 2 aromatic rings. The number of carbonyl (C=O) groups is 1. The first-order chi connectivity index (χ1) is 8.22. The smallest absolute Gasteiger partial charge is 0.282 e. The number of halogens is 1. The molecule has 0 aromatic carbocycles. The predicted octanol–water partition coefficient (Wildman–Crippen LogP) is 1.27. The summed E-state index contributed by atoms with van der Waals surface area (Å²) >= 11 is 0. The van der Waals surface area contributed by atoms with Crippen LogP contribution in [0.2, 0.25) is 0 Å². The van der Waals surface area contributed by atoms with E-state index >= 15 is 0 Å². The van der Waals surface area contributed by atoms with Gasteiger partial charge in [0.15, 0.2) is 0 Å². The minimum atomic E-state index is -1.15. The van der Waals surface area contributed by atoms with Crippen molar-refractivity contribution in [2.24, 2.45) is 0 Å². The molecule has 2 rings (SSSR count). The molecule has 0 atom stereocenters. The summed E-state index contributed by atoms with van der Waals surface area (Å²) in [5, 5.41) is 0. The highest BCUT2D eigenvalue weighted by Crippen LogP contribution is 2.05. The Balaban J connectivity index is 2.55. The fourth-order valence-corrected chi connectivity index (χ4v) is 1.35. The highest BCUT2D eigenvalue weighted by molar-refractivity contribution is 5.88. The Bertz CT molecular complexity index is 595.